The number of hydrogen-bond donors (Lipinski definition) is 2. The van der Waals surface area contributed by atoms with E-state index in [1.54, 1.807) is 29.3 Å². The van der Waals surface area contributed by atoms with E-state index in [-0.39, 0.29) is 25.0 Å². The molecule has 0 atom stereocenters. The highest BCUT2D eigenvalue weighted by Crippen LogP contribution is 2.32. The molecule has 1 aliphatic rings. The Morgan fingerprint density at radius 2 is 1.73 bits per heavy atom. The number of amides is 1. The number of likely N-dealkylation sites (tertiary alicyclic amines) is 1. The molecule has 10 heteroatoms. The van der Waals surface area contributed by atoms with Crippen molar-refractivity contribution in [1.82, 2.24) is 19.7 Å². The number of nitrogen functional groups attached to an aromatic ring is 1. The Kier molecular flexibility index (Phi) is 7.59. The van der Waals surface area contributed by atoms with Gasteiger partial charge in [-0.05, 0) is 67.6 Å². The summed E-state index contributed by atoms with van der Waals surface area (Å²) in [6.45, 7) is 7.50. The number of nitrogens with two attached hydrogens (primary N) is 1. The molecule has 44 heavy (non-hydrogen) atoms. The van der Waals surface area contributed by atoms with Crippen LogP contribution in [0.3, 0.4) is 0 Å². The number of ether oxygens (including phenoxy) is 2. The van der Waals surface area contributed by atoms with E-state index >= 15 is 0 Å². The van der Waals surface area contributed by atoms with Gasteiger partial charge in [0.25, 0.3) is 0 Å². The monoisotopic (exact) mass is 593 g/mol. The van der Waals surface area contributed by atoms with Gasteiger partial charge in [0.05, 0.1) is 17.6 Å². The largest absolute Gasteiger partial charge is 0.487 e. The number of anilines is 1. The van der Waals surface area contributed by atoms with Crippen LogP contribution in [-0.2, 0) is 29.1 Å². The minimum atomic E-state index is -0.924. The fourth-order valence-electron chi connectivity index (χ4n) is 5.54. The number of rotatable bonds is 8. The molecular weight excluding hydrogens is 558 g/mol. The summed E-state index contributed by atoms with van der Waals surface area (Å²) in [6.07, 6.45) is 1.25. The summed E-state index contributed by atoms with van der Waals surface area (Å²) >= 11 is 0. The lowest BCUT2D eigenvalue weighted by Gasteiger charge is -2.39. The van der Waals surface area contributed by atoms with Gasteiger partial charge >= 0.3 is 12.1 Å². The van der Waals surface area contributed by atoms with Crippen molar-refractivity contribution in [2.24, 2.45) is 5.92 Å². The second kappa shape index (κ2) is 11.5. The summed E-state index contributed by atoms with van der Waals surface area (Å²) in [7, 11) is 0. The van der Waals surface area contributed by atoms with Gasteiger partial charge in [-0.25, -0.2) is 9.78 Å². The van der Waals surface area contributed by atoms with E-state index in [1.807, 2.05) is 61.9 Å². The van der Waals surface area contributed by atoms with Crippen LogP contribution in [0, 0.1) is 5.92 Å². The quantitative estimate of drug-likeness (QED) is 0.227. The first-order valence-electron chi connectivity index (χ1n) is 14.6. The summed E-state index contributed by atoms with van der Waals surface area (Å²) in [5.74, 6) is 0.273. The van der Waals surface area contributed by atoms with Gasteiger partial charge in [0.15, 0.2) is 0 Å². The highest BCUT2D eigenvalue weighted by atomic mass is 16.6. The van der Waals surface area contributed by atoms with Crippen LogP contribution in [0.25, 0.3) is 32.8 Å². The molecule has 3 heterocycles. The first-order chi connectivity index (χ1) is 21.0. The maximum Gasteiger partial charge on any atom is 0.410 e. The van der Waals surface area contributed by atoms with Crippen LogP contribution in [-0.4, -0.2) is 55.5 Å². The SMILES string of the molecule is CC(C)(C)OC(=O)N1CC(Cn2nc3ccc(-c4ccc5ccnc(N)c5c4)cc3c2COc2ccccc2CC(=O)O)C1. The average Bonchev–Trinajstić information content (AvgIpc) is 3.29. The minimum Gasteiger partial charge on any atom is -0.487 e. The van der Waals surface area contributed by atoms with Crippen molar-refractivity contribution >= 4 is 39.6 Å². The van der Waals surface area contributed by atoms with Crippen LogP contribution < -0.4 is 10.5 Å². The first kappa shape index (κ1) is 29.0. The number of nitrogens with zero attached hydrogens (tertiary/aromatic N) is 4. The fraction of sp³-hybridized carbons (Fsp3) is 0.294. The predicted octanol–water partition coefficient (Wildman–Crippen LogP) is 5.91. The molecule has 3 N–H and O–H groups in total. The number of carbonyl (C=O) groups excluding carboxylic acids is 1. The molecular formula is C34H35N5O5. The number of aliphatic carboxylic acids is 1. The normalized spacial score (nSPS) is 13.7. The van der Waals surface area contributed by atoms with E-state index in [0.29, 0.717) is 36.8 Å². The Morgan fingerprint density at radius 1 is 1.00 bits per heavy atom. The molecule has 0 saturated carbocycles. The van der Waals surface area contributed by atoms with Crippen molar-refractivity contribution < 1.29 is 24.2 Å². The molecule has 226 valence electrons. The summed E-state index contributed by atoms with van der Waals surface area (Å²) < 4.78 is 13.7. The van der Waals surface area contributed by atoms with Gasteiger partial charge in [0.1, 0.15) is 23.8 Å². The molecule has 1 aliphatic heterocycles. The van der Waals surface area contributed by atoms with Crippen LogP contribution in [0.15, 0.2) is 72.9 Å². The molecule has 0 spiro atoms. The number of pyridine rings is 1. The molecule has 1 fully saturated rings. The third kappa shape index (κ3) is 6.15. The Morgan fingerprint density at radius 3 is 2.48 bits per heavy atom. The Balaban J connectivity index is 1.32. The molecule has 1 amide bonds. The molecule has 2 aromatic heterocycles. The molecule has 0 unspecified atom stereocenters. The van der Waals surface area contributed by atoms with Gasteiger partial charge < -0.3 is 25.2 Å². The van der Waals surface area contributed by atoms with E-state index < -0.39 is 11.6 Å². The maximum absolute atomic E-state index is 12.5. The van der Waals surface area contributed by atoms with Crippen molar-refractivity contribution in [3.05, 3.63) is 84.2 Å². The van der Waals surface area contributed by atoms with Gasteiger partial charge in [-0.3, -0.25) is 9.48 Å². The van der Waals surface area contributed by atoms with Gasteiger partial charge in [0.2, 0.25) is 0 Å². The van der Waals surface area contributed by atoms with Crippen LogP contribution in [0.4, 0.5) is 10.6 Å². The number of carboxylic acid groups (broad SMARTS) is 1. The lowest BCUT2D eigenvalue weighted by atomic mass is 9.99. The van der Waals surface area contributed by atoms with Crippen molar-refractivity contribution in [2.45, 2.75) is 45.9 Å². The van der Waals surface area contributed by atoms with Crippen molar-refractivity contribution in [1.29, 1.82) is 0 Å². The molecule has 0 bridgehead atoms. The molecule has 10 nitrogen and oxygen atoms in total. The lowest BCUT2D eigenvalue weighted by molar-refractivity contribution is -0.136. The lowest BCUT2D eigenvalue weighted by Crippen LogP contribution is -2.53. The highest BCUT2D eigenvalue weighted by Gasteiger charge is 2.34. The topological polar surface area (TPSA) is 133 Å². The van der Waals surface area contributed by atoms with E-state index in [4.69, 9.17) is 20.3 Å². The first-order valence-corrected chi connectivity index (χ1v) is 14.6. The third-order valence-electron chi connectivity index (χ3n) is 7.70. The smallest absolute Gasteiger partial charge is 0.410 e. The summed E-state index contributed by atoms with van der Waals surface area (Å²) in [4.78, 5) is 29.9. The molecule has 1 saturated heterocycles. The summed E-state index contributed by atoms with van der Waals surface area (Å²) in [5, 5.41) is 17.1. The zero-order chi connectivity index (χ0) is 31.0. The third-order valence-corrected chi connectivity index (χ3v) is 7.70. The fourth-order valence-corrected chi connectivity index (χ4v) is 5.54. The molecule has 0 aliphatic carbocycles. The molecule has 6 rings (SSSR count). The molecule has 0 radical (unpaired) electrons. The van der Waals surface area contributed by atoms with Crippen LogP contribution in [0.5, 0.6) is 5.75 Å². The average molecular weight is 594 g/mol. The number of aromatic nitrogens is 3. The van der Waals surface area contributed by atoms with Gasteiger partial charge in [0, 0.05) is 48.1 Å². The number of carboxylic acids is 1. The second-order valence-corrected chi connectivity index (χ2v) is 12.2. The molecule has 3 aromatic carbocycles. The zero-order valence-corrected chi connectivity index (χ0v) is 25.0. The highest BCUT2D eigenvalue weighted by molar-refractivity contribution is 5.95. The zero-order valence-electron chi connectivity index (χ0n) is 25.0. The number of benzene rings is 3. The van der Waals surface area contributed by atoms with Crippen LogP contribution in [0.1, 0.15) is 32.0 Å². The van der Waals surface area contributed by atoms with E-state index in [0.717, 1.165) is 38.5 Å². The van der Waals surface area contributed by atoms with E-state index in [2.05, 4.69) is 17.1 Å². The van der Waals surface area contributed by atoms with Crippen molar-refractivity contribution in [3.63, 3.8) is 0 Å². The van der Waals surface area contributed by atoms with E-state index in [1.165, 1.54) is 0 Å². The Labute approximate surface area is 255 Å². The predicted molar refractivity (Wildman–Crippen MR) is 168 cm³/mol. The van der Waals surface area contributed by atoms with Gasteiger partial charge in [-0.1, -0.05) is 36.4 Å². The molecule has 5 aromatic rings. The van der Waals surface area contributed by atoms with Crippen molar-refractivity contribution in [3.8, 4) is 16.9 Å². The number of fused-ring (bicyclic) bond motifs is 2. The summed E-state index contributed by atoms with van der Waals surface area (Å²) in [6, 6.07) is 21.4. The number of carbonyl (C=O) groups is 2. The van der Waals surface area contributed by atoms with Crippen LogP contribution in [0.2, 0.25) is 0 Å². The van der Waals surface area contributed by atoms with Gasteiger partial charge in [-0.15, -0.1) is 0 Å². The standard InChI is InChI=1S/C34H35N5O5/c1-34(2,3)44-33(42)38-17-21(18-38)19-39-29(20-43-30-7-5-4-6-25(30)16-31(40)41)27-15-24(10-11-28(27)37-39)23-9-8-22-12-13-36-32(35)26(22)14-23/h4-15,21H,16-20H2,1-3H3,(H2,35,36)(H,40,41). The minimum absolute atomic E-state index is 0.136. The van der Waals surface area contributed by atoms with Crippen LogP contribution >= 0.6 is 0 Å². The number of para-hydroxylation sites is 1. The Bertz CT molecular complexity index is 1870. The van der Waals surface area contributed by atoms with E-state index in [9.17, 15) is 14.7 Å². The van der Waals surface area contributed by atoms with Gasteiger partial charge in [-0.2, -0.15) is 5.10 Å². The maximum atomic E-state index is 12.5. The summed E-state index contributed by atoms with van der Waals surface area (Å²) in [5.41, 5.74) is 9.90. The second-order valence-electron chi connectivity index (χ2n) is 12.2. The Hall–Kier alpha value is -5.12. The van der Waals surface area contributed by atoms with Crippen molar-refractivity contribution in [2.75, 3.05) is 18.8 Å². The number of hydrogen-bond acceptors (Lipinski definition) is 7.